The number of hydrogen-bond acceptors (Lipinski definition) is 3. The number of carbonyl (C=O) groups excluding carboxylic acids is 2. The number of halogens is 1. The van der Waals surface area contributed by atoms with Gasteiger partial charge in [-0.05, 0) is 42.0 Å². The number of carbonyl (C=O) groups is 2. The molecule has 0 aliphatic carbocycles. The van der Waals surface area contributed by atoms with Crippen molar-refractivity contribution in [3.05, 3.63) is 74.6 Å². The molecule has 0 spiro atoms. The van der Waals surface area contributed by atoms with Gasteiger partial charge in [0.1, 0.15) is 0 Å². The van der Waals surface area contributed by atoms with Gasteiger partial charge in [-0.2, -0.15) is 0 Å². The Bertz CT molecular complexity index is 799. The van der Waals surface area contributed by atoms with E-state index >= 15 is 0 Å². The number of amides is 2. The number of benzene rings is 2. The van der Waals surface area contributed by atoms with Gasteiger partial charge >= 0.3 is 0 Å². The Balaban J connectivity index is 1.82. The standard InChI is InChI=1S/C18H14BrNO2S/c1-12-6-8-13(9-7-12)10-16-17(21)20(18(22)23-16)11-14-4-2-3-5-15(14)19/h2-10H,11H2,1H3/b16-10-. The smallest absolute Gasteiger partial charge is 0.268 e. The fraction of sp³-hybridized carbons (Fsp3) is 0.111. The first-order valence-electron chi connectivity index (χ1n) is 7.10. The third-order valence-electron chi connectivity index (χ3n) is 3.53. The van der Waals surface area contributed by atoms with Crippen molar-refractivity contribution < 1.29 is 9.59 Å². The maximum atomic E-state index is 12.5. The van der Waals surface area contributed by atoms with Crippen molar-refractivity contribution in [3.63, 3.8) is 0 Å². The van der Waals surface area contributed by atoms with Crippen LogP contribution in [0.4, 0.5) is 4.79 Å². The van der Waals surface area contributed by atoms with E-state index in [-0.39, 0.29) is 17.7 Å². The minimum absolute atomic E-state index is 0.232. The molecular weight excluding hydrogens is 374 g/mol. The lowest BCUT2D eigenvalue weighted by Crippen LogP contribution is -2.27. The fourth-order valence-corrected chi connectivity index (χ4v) is 3.50. The van der Waals surface area contributed by atoms with Crippen LogP contribution in [0.25, 0.3) is 6.08 Å². The molecule has 3 nitrogen and oxygen atoms in total. The van der Waals surface area contributed by atoms with Crippen LogP contribution in [0.2, 0.25) is 0 Å². The monoisotopic (exact) mass is 387 g/mol. The number of imide groups is 1. The molecule has 116 valence electrons. The zero-order valence-corrected chi connectivity index (χ0v) is 14.9. The third kappa shape index (κ3) is 3.57. The van der Waals surface area contributed by atoms with Gasteiger partial charge in [-0.1, -0.05) is 64.0 Å². The first-order valence-corrected chi connectivity index (χ1v) is 8.71. The molecule has 0 unspecified atom stereocenters. The number of aryl methyl sites for hydroxylation is 1. The predicted octanol–water partition coefficient (Wildman–Crippen LogP) is 4.99. The lowest BCUT2D eigenvalue weighted by molar-refractivity contribution is -0.123. The van der Waals surface area contributed by atoms with Crippen molar-refractivity contribution in [1.82, 2.24) is 4.90 Å². The van der Waals surface area contributed by atoms with E-state index in [0.29, 0.717) is 4.91 Å². The molecule has 23 heavy (non-hydrogen) atoms. The van der Waals surface area contributed by atoms with Crippen LogP contribution in [0.1, 0.15) is 16.7 Å². The SMILES string of the molecule is Cc1ccc(/C=C2\SC(=O)N(Cc3ccccc3Br)C2=O)cc1. The second-order valence-electron chi connectivity index (χ2n) is 5.27. The molecule has 0 N–H and O–H groups in total. The summed E-state index contributed by atoms with van der Waals surface area (Å²) >= 11 is 4.44. The minimum atomic E-state index is -0.240. The van der Waals surface area contributed by atoms with Crippen LogP contribution in [-0.4, -0.2) is 16.0 Å². The van der Waals surface area contributed by atoms with Gasteiger partial charge in [0.15, 0.2) is 0 Å². The van der Waals surface area contributed by atoms with Gasteiger partial charge in [0, 0.05) is 4.47 Å². The van der Waals surface area contributed by atoms with Crippen LogP contribution in [0, 0.1) is 6.92 Å². The van der Waals surface area contributed by atoms with Crippen molar-refractivity contribution in [1.29, 1.82) is 0 Å². The van der Waals surface area contributed by atoms with E-state index in [2.05, 4.69) is 15.9 Å². The highest BCUT2D eigenvalue weighted by Crippen LogP contribution is 2.34. The largest absolute Gasteiger partial charge is 0.293 e. The van der Waals surface area contributed by atoms with E-state index in [0.717, 1.165) is 32.9 Å². The van der Waals surface area contributed by atoms with Gasteiger partial charge in [-0.15, -0.1) is 0 Å². The van der Waals surface area contributed by atoms with Crippen LogP contribution in [0.5, 0.6) is 0 Å². The maximum Gasteiger partial charge on any atom is 0.293 e. The molecule has 1 heterocycles. The van der Waals surface area contributed by atoms with Crippen LogP contribution >= 0.6 is 27.7 Å². The summed E-state index contributed by atoms with van der Waals surface area (Å²) in [6.45, 7) is 2.28. The number of nitrogens with zero attached hydrogens (tertiary/aromatic N) is 1. The van der Waals surface area contributed by atoms with Gasteiger partial charge in [-0.25, -0.2) is 0 Å². The molecule has 2 amide bonds. The zero-order valence-electron chi connectivity index (χ0n) is 12.5. The van der Waals surface area contributed by atoms with E-state index < -0.39 is 0 Å². The van der Waals surface area contributed by atoms with Crippen molar-refractivity contribution in [2.45, 2.75) is 13.5 Å². The molecule has 0 saturated carbocycles. The molecule has 0 atom stereocenters. The molecule has 1 fully saturated rings. The van der Waals surface area contributed by atoms with E-state index in [4.69, 9.17) is 0 Å². The summed E-state index contributed by atoms with van der Waals surface area (Å²) in [6, 6.07) is 15.4. The molecule has 3 rings (SSSR count). The van der Waals surface area contributed by atoms with Gasteiger partial charge in [0.2, 0.25) is 0 Å². The lowest BCUT2D eigenvalue weighted by Gasteiger charge is -2.13. The highest BCUT2D eigenvalue weighted by atomic mass is 79.9. The number of thioether (sulfide) groups is 1. The minimum Gasteiger partial charge on any atom is -0.268 e. The van der Waals surface area contributed by atoms with Gasteiger partial charge in [0.05, 0.1) is 11.4 Å². The highest BCUT2D eigenvalue weighted by molar-refractivity contribution is 9.10. The Kier molecular flexibility index (Phi) is 4.68. The van der Waals surface area contributed by atoms with Gasteiger partial charge < -0.3 is 0 Å². The molecule has 0 radical (unpaired) electrons. The van der Waals surface area contributed by atoms with Crippen molar-refractivity contribution >= 4 is 44.9 Å². The molecule has 2 aromatic carbocycles. The molecule has 0 aromatic heterocycles. The predicted molar refractivity (Wildman–Crippen MR) is 96.8 cm³/mol. The van der Waals surface area contributed by atoms with E-state index in [1.165, 1.54) is 4.90 Å². The number of rotatable bonds is 3. The highest BCUT2D eigenvalue weighted by Gasteiger charge is 2.35. The van der Waals surface area contributed by atoms with Crippen molar-refractivity contribution in [2.24, 2.45) is 0 Å². The molecule has 2 aromatic rings. The Morgan fingerprint density at radius 1 is 1.09 bits per heavy atom. The van der Waals surface area contributed by atoms with E-state index in [1.807, 2.05) is 55.5 Å². The van der Waals surface area contributed by atoms with Gasteiger partial charge in [0.25, 0.3) is 11.1 Å². The van der Waals surface area contributed by atoms with Crippen molar-refractivity contribution in [2.75, 3.05) is 0 Å². The Morgan fingerprint density at radius 3 is 2.48 bits per heavy atom. The number of hydrogen-bond donors (Lipinski definition) is 0. The molecule has 1 saturated heterocycles. The second kappa shape index (κ2) is 6.72. The third-order valence-corrected chi connectivity index (χ3v) is 5.22. The Morgan fingerprint density at radius 2 is 1.78 bits per heavy atom. The average molecular weight is 388 g/mol. The summed E-state index contributed by atoms with van der Waals surface area (Å²) in [5.41, 5.74) is 2.98. The first-order chi connectivity index (χ1) is 11.0. The van der Waals surface area contributed by atoms with Gasteiger partial charge in [-0.3, -0.25) is 14.5 Å². The molecule has 5 heteroatoms. The summed E-state index contributed by atoms with van der Waals surface area (Å²) in [5, 5.41) is -0.232. The molecule has 1 aliphatic heterocycles. The molecule has 1 aliphatic rings. The fourth-order valence-electron chi connectivity index (χ4n) is 2.25. The average Bonchev–Trinajstić information content (AvgIpc) is 2.79. The zero-order chi connectivity index (χ0) is 16.4. The molecular formula is C18H14BrNO2S. The normalized spacial score (nSPS) is 16.4. The van der Waals surface area contributed by atoms with Crippen LogP contribution in [0.3, 0.4) is 0 Å². The summed E-state index contributed by atoms with van der Waals surface area (Å²) in [7, 11) is 0. The maximum absolute atomic E-state index is 12.5. The van der Waals surface area contributed by atoms with E-state index in [1.54, 1.807) is 6.08 Å². The van der Waals surface area contributed by atoms with Crippen LogP contribution < -0.4 is 0 Å². The summed E-state index contributed by atoms with van der Waals surface area (Å²) < 4.78 is 0.890. The Labute approximate surface area is 147 Å². The summed E-state index contributed by atoms with van der Waals surface area (Å²) in [6.07, 6.45) is 1.77. The molecule has 0 bridgehead atoms. The van der Waals surface area contributed by atoms with Crippen LogP contribution in [-0.2, 0) is 11.3 Å². The van der Waals surface area contributed by atoms with Crippen LogP contribution in [0.15, 0.2) is 57.9 Å². The summed E-state index contributed by atoms with van der Waals surface area (Å²) in [5.74, 6) is -0.240. The topological polar surface area (TPSA) is 37.4 Å². The lowest BCUT2D eigenvalue weighted by atomic mass is 10.1. The van der Waals surface area contributed by atoms with Crippen molar-refractivity contribution in [3.8, 4) is 0 Å². The van der Waals surface area contributed by atoms with E-state index in [9.17, 15) is 9.59 Å². The second-order valence-corrected chi connectivity index (χ2v) is 7.12. The Hall–Kier alpha value is -1.85. The summed E-state index contributed by atoms with van der Waals surface area (Å²) in [4.78, 5) is 26.4. The quantitative estimate of drug-likeness (QED) is 0.695. The first kappa shape index (κ1) is 16.0.